The van der Waals surface area contributed by atoms with Crippen molar-refractivity contribution in [1.82, 2.24) is 10.2 Å². The van der Waals surface area contributed by atoms with Crippen LogP contribution in [0.15, 0.2) is 46.9 Å². The first-order chi connectivity index (χ1) is 12.4. The van der Waals surface area contributed by atoms with Crippen molar-refractivity contribution in [2.45, 2.75) is 26.4 Å². The van der Waals surface area contributed by atoms with E-state index in [1.54, 1.807) is 25.1 Å². The molecule has 0 saturated heterocycles. The lowest BCUT2D eigenvalue weighted by Crippen LogP contribution is -2.11. The molecule has 0 aliphatic heterocycles. The third-order valence-electron chi connectivity index (χ3n) is 3.73. The number of aromatic nitrogens is 2. The van der Waals surface area contributed by atoms with Crippen molar-refractivity contribution in [2.75, 3.05) is 0 Å². The van der Waals surface area contributed by atoms with Crippen molar-refractivity contribution in [3.05, 3.63) is 69.5 Å². The molecule has 3 rings (SSSR count). The highest BCUT2D eigenvalue weighted by atomic mass is 35.5. The number of aryl methyl sites for hydroxylation is 1. The summed E-state index contributed by atoms with van der Waals surface area (Å²) >= 11 is 11.8. The fraction of sp³-hybridized carbons (Fsp3) is 0.211. The molecule has 0 spiro atoms. The van der Waals surface area contributed by atoms with E-state index in [1.165, 1.54) is 0 Å². The number of benzene rings is 2. The third kappa shape index (κ3) is 4.42. The molecule has 0 radical (unpaired) electrons. The average molecular weight is 391 g/mol. The Morgan fingerprint density at radius 2 is 1.85 bits per heavy atom. The molecule has 1 heterocycles. The van der Waals surface area contributed by atoms with E-state index >= 15 is 0 Å². The van der Waals surface area contributed by atoms with Gasteiger partial charge in [-0.05, 0) is 43.7 Å². The minimum absolute atomic E-state index is 0.0696. The van der Waals surface area contributed by atoms with Gasteiger partial charge in [0.25, 0.3) is 5.89 Å². The van der Waals surface area contributed by atoms with Gasteiger partial charge in [0, 0.05) is 5.56 Å². The van der Waals surface area contributed by atoms with Gasteiger partial charge in [0.05, 0.1) is 16.5 Å². The Hall–Kier alpha value is -2.37. The number of carbonyl (C=O) groups is 1. The van der Waals surface area contributed by atoms with Gasteiger partial charge in [-0.2, -0.15) is 0 Å². The standard InChI is InChI=1S/C19H16Cl2N2O3/c1-11-3-6-14(7-4-11)19-23-22-18(26-19)12(2)25-17(24)10-13-5-8-15(20)16(21)9-13/h3-9,12H,10H2,1-2H3/t12-/m0/s1. The summed E-state index contributed by atoms with van der Waals surface area (Å²) in [6, 6.07) is 12.7. The Morgan fingerprint density at radius 1 is 1.12 bits per heavy atom. The highest BCUT2D eigenvalue weighted by Gasteiger charge is 2.19. The molecule has 7 heteroatoms. The summed E-state index contributed by atoms with van der Waals surface area (Å²) in [4.78, 5) is 12.1. The number of ether oxygens (including phenoxy) is 1. The first-order valence-corrected chi connectivity index (χ1v) is 8.72. The molecule has 3 aromatic rings. The molecular weight excluding hydrogens is 375 g/mol. The molecule has 0 fully saturated rings. The van der Waals surface area contributed by atoms with Crippen LogP contribution in [0.3, 0.4) is 0 Å². The van der Waals surface area contributed by atoms with Crippen molar-refractivity contribution < 1.29 is 13.9 Å². The van der Waals surface area contributed by atoms with E-state index < -0.39 is 12.1 Å². The van der Waals surface area contributed by atoms with Crippen LogP contribution in [0.4, 0.5) is 0 Å². The Morgan fingerprint density at radius 3 is 2.54 bits per heavy atom. The van der Waals surface area contributed by atoms with Crippen molar-refractivity contribution >= 4 is 29.2 Å². The Bertz CT molecular complexity index is 923. The maximum Gasteiger partial charge on any atom is 0.311 e. The van der Waals surface area contributed by atoms with Crippen LogP contribution in [0.1, 0.15) is 30.0 Å². The fourth-order valence-corrected chi connectivity index (χ4v) is 2.64. The molecule has 0 N–H and O–H groups in total. The molecule has 1 atom stereocenters. The SMILES string of the molecule is Cc1ccc(-c2nnc([C@H](C)OC(=O)Cc3ccc(Cl)c(Cl)c3)o2)cc1. The minimum Gasteiger partial charge on any atom is -0.452 e. The van der Waals surface area contributed by atoms with Crippen molar-refractivity contribution in [3.8, 4) is 11.5 Å². The highest BCUT2D eigenvalue weighted by molar-refractivity contribution is 6.42. The van der Waals surface area contributed by atoms with Crippen molar-refractivity contribution in [2.24, 2.45) is 0 Å². The largest absolute Gasteiger partial charge is 0.452 e. The first kappa shape index (κ1) is 18.4. The fourth-order valence-electron chi connectivity index (χ4n) is 2.32. The maximum absolute atomic E-state index is 12.1. The Balaban J connectivity index is 1.64. The molecule has 134 valence electrons. The average Bonchev–Trinajstić information content (AvgIpc) is 3.09. The minimum atomic E-state index is -0.656. The van der Waals surface area contributed by atoms with E-state index in [2.05, 4.69) is 10.2 Å². The van der Waals surface area contributed by atoms with Crippen LogP contribution in [0, 0.1) is 6.92 Å². The monoisotopic (exact) mass is 390 g/mol. The molecular formula is C19H16Cl2N2O3. The predicted octanol–water partition coefficient (Wildman–Crippen LogP) is 5.20. The number of nitrogens with zero attached hydrogens (tertiary/aromatic N) is 2. The molecule has 0 aliphatic carbocycles. The zero-order valence-corrected chi connectivity index (χ0v) is 15.7. The Kier molecular flexibility index (Phi) is 5.59. The quantitative estimate of drug-likeness (QED) is 0.560. The normalized spacial score (nSPS) is 12.0. The van der Waals surface area contributed by atoms with Crippen LogP contribution < -0.4 is 0 Å². The molecule has 0 aliphatic rings. The number of halogens is 2. The summed E-state index contributed by atoms with van der Waals surface area (Å²) in [7, 11) is 0. The van der Waals surface area contributed by atoms with E-state index in [-0.39, 0.29) is 12.3 Å². The second-order valence-electron chi connectivity index (χ2n) is 5.87. The van der Waals surface area contributed by atoms with E-state index in [1.807, 2.05) is 31.2 Å². The molecule has 5 nitrogen and oxygen atoms in total. The summed E-state index contributed by atoms with van der Waals surface area (Å²) in [6.45, 7) is 3.68. The zero-order valence-electron chi connectivity index (χ0n) is 14.2. The number of rotatable bonds is 5. The first-order valence-electron chi connectivity index (χ1n) is 7.96. The molecule has 0 bridgehead atoms. The van der Waals surface area contributed by atoms with Crippen LogP contribution in [-0.4, -0.2) is 16.2 Å². The predicted molar refractivity (Wildman–Crippen MR) is 99.1 cm³/mol. The van der Waals surface area contributed by atoms with Gasteiger partial charge in [-0.15, -0.1) is 10.2 Å². The third-order valence-corrected chi connectivity index (χ3v) is 4.47. The molecule has 0 unspecified atom stereocenters. The second kappa shape index (κ2) is 7.89. The lowest BCUT2D eigenvalue weighted by Gasteiger charge is -2.09. The summed E-state index contributed by atoms with van der Waals surface area (Å²) in [5, 5.41) is 8.81. The molecule has 1 aromatic heterocycles. The Labute approximate surface area is 160 Å². The van der Waals surface area contributed by atoms with Gasteiger partial charge in [0.2, 0.25) is 5.89 Å². The molecule has 0 saturated carbocycles. The topological polar surface area (TPSA) is 65.2 Å². The summed E-state index contributed by atoms with van der Waals surface area (Å²) in [5.74, 6) is 0.196. The number of carbonyl (C=O) groups excluding carboxylic acids is 1. The van der Waals surface area contributed by atoms with Gasteiger partial charge in [-0.1, -0.05) is 47.0 Å². The smallest absolute Gasteiger partial charge is 0.311 e. The van der Waals surface area contributed by atoms with E-state index in [4.69, 9.17) is 32.4 Å². The van der Waals surface area contributed by atoms with Gasteiger partial charge < -0.3 is 9.15 Å². The number of hydrogen-bond donors (Lipinski definition) is 0. The zero-order chi connectivity index (χ0) is 18.7. The number of hydrogen-bond acceptors (Lipinski definition) is 5. The van der Waals surface area contributed by atoms with E-state index in [0.717, 1.165) is 11.1 Å². The van der Waals surface area contributed by atoms with Gasteiger partial charge >= 0.3 is 5.97 Å². The highest BCUT2D eigenvalue weighted by Crippen LogP contribution is 2.25. The van der Waals surface area contributed by atoms with Gasteiger partial charge in [-0.25, -0.2) is 0 Å². The van der Waals surface area contributed by atoms with Crippen LogP contribution >= 0.6 is 23.2 Å². The number of esters is 1. The maximum atomic E-state index is 12.1. The van der Waals surface area contributed by atoms with Crippen molar-refractivity contribution in [1.29, 1.82) is 0 Å². The van der Waals surface area contributed by atoms with Gasteiger partial charge in [0.1, 0.15) is 0 Å². The summed E-state index contributed by atoms with van der Waals surface area (Å²) < 4.78 is 11.0. The summed E-state index contributed by atoms with van der Waals surface area (Å²) in [5.41, 5.74) is 2.66. The summed E-state index contributed by atoms with van der Waals surface area (Å²) in [6.07, 6.45) is -0.586. The van der Waals surface area contributed by atoms with Crippen LogP contribution in [0.2, 0.25) is 10.0 Å². The van der Waals surface area contributed by atoms with Gasteiger partial charge in [0.15, 0.2) is 6.10 Å². The molecule has 2 aromatic carbocycles. The van der Waals surface area contributed by atoms with E-state index in [0.29, 0.717) is 21.5 Å². The van der Waals surface area contributed by atoms with E-state index in [9.17, 15) is 4.79 Å². The second-order valence-corrected chi connectivity index (χ2v) is 6.68. The lowest BCUT2D eigenvalue weighted by molar-refractivity contribution is -0.148. The van der Waals surface area contributed by atoms with Crippen LogP contribution in [-0.2, 0) is 16.0 Å². The molecule has 26 heavy (non-hydrogen) atoms. The van der Waals surface area contributed by atoms with Crippen LogP contribution in [0.5, 0.6) is 0 Å². The molecule has 0 amide bonds. The lowest BCUT2D eigenvalue weighted by atomic mass is 10.1. The van der Waals surface area contributed by atoms with Crippen molar-refractivity contribution in [3.63, 3.8) is 0 Å². The van der Waals surface area contributed by atoms with Crippen LogP contribution in [0.25, 0.3) is 11.5 Å². The van der Waals surface area contributed by atoms with Gasteiger partial charge in [-0.3, -0.25) is 4.79 Å².